The third-order valence-corrected chi connectivity index (χ3v) is 4.41. The number of benzene rings is 2. The van der Waals surface area contributed by atoms with Gasteiger partial charge < -0.3 is 10.6 Å². The van der Waals surface area contributed by atoms with E-state index in [4.69, 9.17) is 0 Å². The first-order valence-electron chi connectivity index (χ1n) is 8.15. The van der Waals surface area contributed by atoms with E-state index in [0.717, 1.165) is 30.9 Å². The maximum atomic E-state index is 4.67. The number of aromatic nitrogens is 2. The van der Waals surface area contributed by atoms with Gasteiger partial charge in [-0.2, -0.15) is 0 Å². The molecule has 0 aliphatic carbocycles. The molecule has 0 spiro atoms. The maximum absolute atomic E-state index is 4.67. The Bertz CT molecular complexity index is 809. The van der Waals surface area contributed by atoms with Crippen molar-refractivity contribution in [1.82, 2.24) is 15.3 Å². The van der Waals surface area contributed by atoms with Gasteiger partial charge in [-0.3, -0.25) is 0 Å². The minimum absolute atomic E-state index is 0.669. The molecule has 0 amide bonds. The van der Waals surface area contributed by atoms with Crippen LogP contribution in [0.1, 0.15) is 6.42 Å². The van der Waals surface area contributed by atoms with Crippen LogP contribution in [0.25, 0.3) is 22.0 Å². The van der Waals surface area contributed by atoms with Crippen LogP contribution >= 0.6 is 0 Å². The summed E-state index contributed by atoms with van der Waals surface area (Å²) in [5.74, 6) is 1.38. The van der Waals surface area contributed by atoms with Gasteiger partial charge in [0.25, 0.3) is 0 Å². The van der Waals surface area contributed by atoms with Crippen LogP contribution in [-0.4, -0.2) is 29.6 Å². The van der Waals surface area contributed by atoms with E-state index in [2.05, 4.69) is 63.1 Å². The number of rotatable bonds is 4. The fourth-order valence-electron chi connectivity index (χ4n) is 3.08. The molecule has 0 unspecified atom stereocenters. The quantitative estimate of drug-likeness (QED) is 0.776. The summed E-state index contributed by atoms with van der Waals surface area (Å²) < 4.78 is 0. The molecule has 1 saturated heterocycles. The zero-order valence-electron chi connectivity index (χ0n) is 13.0. The normalized spacial score (nSPS) is 17.5. The molecule has 0 saturated carbocycles. The van der Waals surface area contributed by atoms with E-state index in [1.54, 1.807) is 0 Å². The molecule has 2 aromatic carbocycles. The van der Waals surface area contributed by atoms with E-state index in [1.165, 1.54) is 17.2 Å². The van der Waals surface area contributed by atoms with Gasteiger partial charge in [-0.1, -0.05) is 36.4 Å². The molecule has 4 heteroatoms. The average molecular weight is 304 g/mol. The van der Waals surface area contributed by atoms with Gasteiger partial charge in [-0.15, -0.1) is 0 Å². The number of fused-ring (bicyclic) bond motifs is 1. The summed E-state index contributed by atoms with van der Waals surface area (Å²) >= 11 is 0. The zero-order chi connectivity index (χ0) is 15.5. The van der Waals surface area contributed by atoms with Crippen molar-refractivity contribution in [2.45, 2.75) is 6.42 Å². The SMILES string of the molecule is c1ccc2cc(-c3ccnc(NC[C@H]4CCNC4)n3)ccc2c1. The minimum Gasteiger partial charge on any atom is -0.354 e. The Morgan fingerprint density at radius 3 is 2.87 bits per heavy atom. The fourth-order valence-corrected chi connectivity index (χ4v) is 3.08. The Balaban J connectivity index is 1.56. The van der Waals surface area contributed by atoms with Gasteiger partial charge >= 0.3 is 0 Å². The molecule has 1 aliphatic rings. The molecule has 1 atom stereocenters. The first-order chi connectivity index (χ1) is 11.4. The summed E-state index contributed by atoms with van der Waals surface area (Å²) in [6, 6.07) is 16.8. The van der Waals surface area contributed by atoms with Crippen molar-refractivity contribution in [2.24, 2.45) is 5.92 Å². The van der Waals surface area contributed by atoms with E-state index < -0.39 is 0 Å². The van der Waals surface area contributed by atoms with Gasteiger partial charge in [0.2, 0.25) is 5.95 Å². The first kappa shape index (κ1) is 14.2. The van der Waals surface area contributed by atoms with Crippen molar-refractivity contribution in [3.8, 4) is 11.3 Å². The van der Waals surface area contributed by atoms with Gasteiger partial charge in [0.05, 0.1) is 5.69 Å². The van der Waals surface area contributed by atoms with Gasteiger partial charge in [0.1, 0.15) is 0 Å². The Hall–Kier alpha value is -2.46. The smallest absolute Gasteiger partial charge is 0.223 e. The third-order valence-electron chi connectivity index (χ3n) is 4.41. The second-order valence-electron chi connectivity index (χ2n) is 6.07. The molecule has 4 nitrogen and oxygen atoms in total. The molecule has 1 aromatic heterocycles. The lowest BCUT2D eigenvalue weighted by Crippen LogP contribution is -2.18. The van der Waals surface area contributed by atoms with E-state index in [-0.39, 0.29) is 0 Å². The molecule has 1 fully saturated rings. The van der Waals surface area contributed by atoms with E-state index >= 15 is 0 Å². The Kier molecular flexibility index (Phi) is 3.90. The number of nitrogens with zero attached hydrogens (tertiary/aromatic N) is 2. The predicted octanol–water partition coefficient (Wildman–Crippen LogP) is 3.32. The molecule has 1 aliphatic heterocycles. The van der Waals surface area contributed by atoms with Crippen molar-refractivity contribution in [3.05, 3.63) is 54.7 Å². The summed E-state index contributed by atoms with van der Waals surface area (Å²) in [5, 5.41) is 9.23. The van der Waals surface area contributed by atoms with Crippen molar-refractivity contribution >= 4 is 16.7 Å². The molecule has 0 bridgehead atoms. The number of hydrogen-bond donors (Lipinski definition) is 2. The molecule has 2 N–H and O–H groups in total. The fraction of sp³-hybridized carbons (Fsp3) is 0.263. The van der Waals surface area contributed by atoms with Crippen molar-refractivity contribution in [2.75, 3.05) is 25.0 Å². The third kappa shape index (κ3) is 3.17. The molecule has 4 rings (SSSR count). The van der Waals surface area contributed by atoms with Crippen molar-refractivity contribution in [3.63, 3.8) is 0 Å². The van der Waals surface area contributed by atoms with Crippen LogP contribution in [0.15, 0.2) is 54.7 Å². The molecule has 0 radical (unpaired) electrons. The zero-order valence-corrected chi connectivity index (χ0v) is 13.0. The van der Waals surface area contributed by atoms with Crippen LogP contribution in [0.2, 0.25) is 0 Å². The van der Waals surface area contributed by atoms with Gasteiger partial charge in [0, 0.05) is 18.3 Å². The largest absolute Gasteiger partial charge is 0.354 e. The number of anilines is 1. The van der Waals surface area contributed by atoms with Crippen LogP contribution in [-0.2, 0) is 0 Å². The number of hydrogen-bond acceptors (Lipinski definition) is 4. The highest BCUT2D eigenvalue weighted by atomic mass is 15.1. The van der Waals surface area contributed by atoms with E-state index in [1.807, 2.05) is 12.3 Å². The van der Waals surface area contributed by atoms with Crippen LogP contribution < -0.4 is 10.6 Å². The van der Waals surface area contributed by atoms with Gasteiger partial charge in [0.15, 0.2) is 0 Å². The summed E-state index contributed by atoms with van der Waals surface area (Å²) in [6.45, 7) is 3.12. The lowest BCUT2D eigenvalue weighted by Gasteiger charge is -2.10. The van der Waals surface area contributed by atoms with Gasteiger partial charge in [-0.25, -0.2) is 9.97 Å². The molecule has 116 valence electrons. The van der Waals surface area contributed by atoms with Crippen LogP contribution in [0.4, 0.5) is 5.95 Å². The van der Waals surface area contributed by atoms with E-state index in [0.29, 0.717) is 11.9 Å². The Labute approximate surface area is 136 Å². The van der Waals surface area contributed by atoms with E-state index in [9.17, 15) is 0 Å². The monoisotopic (exact) mass is 304 g/mol. The standard InChI is InChI=1S/C19H20N4/c1-2-4-16-11-17(6-5-15(16)3-1)18-8-10-21-19(23-18)22-13-14-7-9-20-12-14/h1-6,8,10-11,14,20H,7,9,12-13H2,(H,21,22,23)/t14-/m0/s1. The predicted molar refractivity (Wildman–Crippen MR) is 94.4 cm³/mol. The molecule has 23 heavy (non-hydrogen) atoms. The van der Waals surface area contributed by atoms with Crippen LogP contribution in [0, 0.1) is 5.92 Å². The Morgan fingerprint density at radius 1 is 1.09 bits per heavy atom. The second kappa shape index (κ2) is 6.34. The Morgan fingerprint density at radius 2 is 2.00 bits per heavy atom. The molecular weight excluding hydrogens is 284 g/mol. The van der Waals surface area contributed by atoms with Crippen molar-refractivity contribution < 1.29 is 0 Å². The lowest BCUT2D eigenvalue weighted by molar-refractivity contribution is 0.613. The topological polar surface area (TPSA) is 49.8 Å². The number of nitrogens with one attached hydrogen (secondary N) is 2. The average Bonchev–Trinajstić information content (AvgIpc) is 3.13. The highest BCUT2D eigenvalue weighted by Gasteiger charge is 2.14. The van der Waals surface area contributed by atoms with Crippen molar-refractivity contribution in [1.29, 1.82) is 0 Å². The summed E-state index contributed by atoms with van der Waals surface area (Å²) in [6.07, 6.45) is 3.05. The lowest BCUT2D eigenvalue weighted by atomic mass is 10.1. The summed E-state index contributed by atoms with van der Waals surface area (Å²) in [4.78, 5) is 9.01. The second-order valence-corrected chi connectivity index (χ2v) is 6.07. The maximum Gasteiger partial charge on any atom is 0.223 e. The minimum atomic E-state index is 0.669. The summed E-state index contributed by atoms with van der Waals surface area (Å²) in [7, 11) is 0. The summed E-state index contributed by atoms with van der Waals surface area (Å²) in [5.41, 5.74) is 2.08. The first-order valence-corrected chi connectivity index (χ1v) is 8.15. The van der Waals surface area contributed by atoms with Crippen LogP contribution in [0.5, 0.6) is 0 Å². The van der Waals surface area contributed by atoms with Gasteiger partial charge in [-0.05, 0) is 48.3 Å². The highest BCUT2D eigenvalue weighted by Crippen LogP contribution is 2.23. The molecule has 3 aromatic rings. The molecule has 2 heterocycles. The highest BCUT2D eigenvalue weighted by molar-refractivity contribution is 5.86. The van der Waals surface area contributed by atoms with Crippen LogP contribution in [0.3, 0.4) is 0 Å². The molecular formula is C19H20N4.